The van der Waals surface area contributed by atoms with Gasteiger partial charge >= 0.3 is 5.97 Å². The minimum Gasteiger partial charge on any atom is -0.497 e. The number of para-hydroxylation sites is 1. The number of carbonyl (C=O) groups excluding carboxylic acids is 1. The van der Waals surface area contributed by atoms with E-state index < -0.39 is 5.97 Å². The van der Waals surface area contributed by atoms with Crippen molar-refractivity contribution in [2.24, 2.45) is 0 Å². The van der Waals surface area contributed by atoms with Crippen molar-refractivity contribution < 1.29 is 24.1 Å². The van der Waals surface area contributed by atoms with Gasteiger partial charge in [-0.05, 0) is 53.9 Å². The highest BCUT2D eigenvalue weighted by Crippen LogP contribution is 2.39. The number of hydrogen-bond acceptors (Lipinski definition) is 8. The van der Waals surface area contributed by atoms with Crippen molar-refractivity contribution in [3.63, 3.8) is 0 Å². The lowest BCUT2D eigenvalue weighted by atomic mass is 10.0. The van der Waals surface area contributed by atoms with E-state index in [0.29, 0.717) is 37.3 Å². The molecule has 0 aliphatic rings. The Balaban J connectivity index is 1.75. The van der Waals surface area contributed by atoms with Crippen LogP contribution in [0.1, 0.15) is 34.0 Å². The molecule has 0 atom stereocenters. The maximum absolute atomic E-state index is 14.2. The third kappa shape index (κ3) is 6.70. The van der Waals surface area contributed by atoms with Crippen LogP contribution in [0.25, 0.3) is 20.7 Å². The van der Waals surface area contributed by atoms with Crippen LogP contribution >= 0.6 is 11.3 Å². The molecular formula is C35H36N2O6S. The summed E-state index contributed by atoms with van der Waals surface area (Å²) in [6.07, 6.45) is 1.60. The van der Waals surface area contributed by atoms with Crippen molar-refractivity contribution in [1.29, 1.82) is 0 Å². The molecule has 9 heteroatoms. The zero-order valence-electron chi connectivity index (χ0n) is 25.1. The second kappa shape index (κ2) is 14.4. The summed E-state index contributed by atoms with van der Waals surface area (Å²) in [5.41, 5.74) is 3.32. The lowest BCUT2D eigenvalue weighted by Gasteiger charge is -2.22. The number of benzene rings is 3. The molecule has 0 unspecified atom stereocenters. The number of nitrogens with zero attached hydrogens (tertiary/aromatic N) is 2. The summed E-state index contributed by atoms with van der Waals surface area (Å²) in [4.78, 5) is 31.1. The topological polar surface area (TPSA) is 90.2 Å². The van der Waals surface area contributed by atoms with Crippen LogP contribution in [0.15, 0.2) is 89.9 Å². The molecule has 2 aromatic heterocycles. The minimum atomic E-state index is -0.659. The summed E-state index contributed by atoms with van der Waals surface area (Å²) in [5, 5.41) is 10.5. The highest BCUT2D eigenvalue weighted by molar-refractivity contribution is 7.22. The number of rotatable bonds is 13. The van der Waals surface area contributed by atoms with Crippen molar-refractivity contribution in [1.82, 2.24) is 9.47 Å². The van der Waals surface area contributed by atoms with E-state index in [4.69, 9.17) is 14.2 Å². The predicted molar refractivity (Wildman–Crippen MR) is 174 cm³/mol. The maximum atomic E-state index is 14.2. The molecule has 5 aromatic rings. The van der Waals surface area contributed by atoms with Gasteiger partial charge in [0.25, 0.3) is 0 Å². The molecule has 1 N–H and O–H groups in total. The van der Waals surface area contributed by atoms with Gasteiger partial charge in [0.2, 0.25) is 5.43 Å². The third-order valence-corrected chi connectivity index (χ3v) is 8.75. The average Bonchev–Trinajstić information content (AvgIpc) is 3.43. The minimum absolute atomic E-state index is 0.0219. The smallest absolute Gasteiger partial charge is 0.343 e. The molecule has 0 amide bonds. The molecule has 0 radical (unpaired) electrons. The van der Waals surface area contributed by atoms with Crippen molar-refractivity contribution in [3.05, 3.63) is 118 Å². The van der Waals surface area contributed by atoms with Gasteiger partial charge in [-0.15, -0.1) is 11.3 Å². The normalized spacial score (nSPS) is 11.2. The van der Waals surface area contributed by atoms with E-state index in [1.807, 2.05) is 83.4 Å². The molecule has 2 heterocycles. The van der Waals surface area contributed by atoms with Gasteiger partial charge in [-0.3, -0.25) is 9.69 Å². The summed E-state index contributed by atoms with van der Waals surface area (Å²) in [6.45, 7) is 3.57. The van der Waals surface area contributed by atoms with E-state index in [1.54, 1.807) is 27.3 Å². The second-order valence-electron chi connectivity index (χ2n) is 10.3. The number of pyridine rings is 1. The van der Waals surface area contributed by atoms with Gasteiger partial charge in [-0.25, -0.2) is 4.79 Å². The number of aromatic nitrogens is 1. The van der Waals surface area contributed by atoms with Crippen molar-refractivity contribution in [2.75, 3.05) is 34.0 Å². The monoisotopic (exact) mass is 612 g/mol. The zero-order chi connectivity index (χ0) is 31.1. The molecule has 0 saturated carbocycles. The first-order valence-electron chi connectivity index (χ1n) is 14.5. The molecule has 44 heavy (non-hydrogen) atoms. The number of hydrogen-bond donors (Lipinski definition) is 1. The molecule has 8 nitrogen and oxygen atoms in total. The molecule has 228 valence electrons. The molecular weight excluding hydrogens is 576 g/mol. The summed E-state index contributed by atoms with van der Waals surface area (Å²) in [7, 11) is 3.25. The van der Waals surface area contributed by atoms with E-state index in [9.17, 15) is 14.7 Å². The number of ether oxygens (including phenoxy) is 3. The van der Waals surface area contributed by atoms with Crippen LogP contribution in [-0.2, 0) is 24.4 Å². The Bertz CT molecular complexity index is 1780. The van der Waals surface area contributed by atoms with Crippen molar-refractivity contribution in [3.8, 4) is 21.9 Å². The van der Waals surface area contributed by atoms with Crippen LogP contribution in [0.4, 0.5) is 0 Å². The molecule has 0 spiro atoms. The fourth-order valence-electron chi connectivity index (χ4n) is 5.33. The maximum Gasteiger partial charge on any atom is 0.343 e. The van der Waals surface area contributed by atoms with Crippen LogP contribution in [0.5, 0.6) is 11.5 Å². The molecule has 0 fully saturated rings. The zero-order valence-corrected chi connectivity index (χ0v) is 25.9. The largest absolute Gasteiger partial charge is 0.497 e. The van der Waals surface area contributed by atoms with Gasteiger partial charge in [0, 0.05) is 36.3 Å². The Morgan fingerprint density at radius 1 is 0.932 bits per heavy atom. The first kappa shape index (κ1) is 31.0. The van der Waals surface area contributed by atoms with Crippen molar-refractivity contribution >= 4 is 27.5 Å². The summed E-state index contributed by atoms with van der Waals surface area (Å²) < 4.78 is 18.3. The molecule has 0 saturated heterocycles. The van der Waals surface area contributed by atoms with Gasteiger partial charge in [-0.2, -0.15) is 0 Å². The Morgan fingerprint density at radius 2 is 1.66 bits per heavy atom. The molecule has 0 bridgehead atoms. The van der Waals surface area contributed by atoms with E-state index in [2.05, 4.69) is 4.90 Å². The summed E-state index contributed by atoms with van der Waals surface area (Å²) in [5.74, 6) is 0.775. The van der Waals surface area contributed by atoms with Crippen LogP contribution in [0.2, 0.25) is 0 Å². The fraction of sp³-hybridized carbons (Fsp3) is 0.257. The lowest BCUT2D eigenvalue weighted by molar-refractivity contribution is 0.0524. The van der Waals surface area contributed by atoms with Gasteiger partial charge in [-0.1, -0.05) is 48.5 Å². The predicted octanol–water partition coefficient (Wildman–Crippen LogP) is 5.97. The SMILES string of the molecule is CCOC(=O)c1cn(Cc2ccccc2OC)c2sc(-c3ccc(OC)cc3)c(CN(CCO)Cc3ccccc3)c2c1=O. The number of carbonyl (C=O) groups is 1. The Hall–Kier alpha value is -4.44. The van der Waals surface area contributed by atoms with Crippen LogP contribution in [0.3, 0.4) is 0 Å². The van der Waals surface area contributed by atoms with E-state index >= 15 is 0 Å². The first-order valence-corrected chi connectivity index (χ1v) is 15.3. The Morgan fingerprint density at radius 3 is 2.34 bits per heavy atom. The third-order valence-electron chi connectivity index (χ3n) is 7.43. The Labute approximate surface area is 260 Å². The average molecular weight is 613 g/mol. The number of methoxy groups -OCH3 is 2. The standard InChI is InChI=1S/C35H36N2O6S/c1-4-43-35(40)29-23-37(21-26-12-8-9-13-30(26)42-3)34-31(32(29)39)28(33(44-34)25-14-16-27(41-2)17-15-25)22-36(18-19-38)20-24-10-6-5-7-11-24/h5-17,23,38H,4,18-22H2,1-3H3. The highest BCUT2D eigenvalue weighted by Gasteiger charge is 2.25. The number of aliphatic hydroxyl groups is 1. The van der Waals surface area contributed by atoms with Gasteiger partial charge in [0.15, 0.2) is 0 Å². The number of esters is 1. The lowest BCUT2D eigenvalue weighted by Crippen LogP contribution is -2.27. The quantitative estimate of drug-likeness (QED) is 0.164. The fourth-order valence-corrected chi connectivity index (χ4v) is 6.62. The van der Waals surface area contributed by atoms with E-state index in [-0.39, 0.29) is 24.2 Å². The van der Waals surface area contributed by atoms with Gasteiger partial charge in [0.1, 0.15) is 21.9 Å². The Kier molecular flexibility index (Phi) is 10.1. The van der Waals surface area contributed by atoms with Crippen LogP contribution in [0, 0.1) is 0 Å². The van der Waals surface area contributed by atoms with Crippen LogP contribution < -0.4 is 14.9 Å². The number of aliphatic hydroxyl groups excluding tert-OH is 1. The van der Waals surface area contributed by atoms with Crippen LogP contribution in [-0.4, -0.2) is 54.5 Å². The molecule has 0 aliphatic carbocycles. The summed E-state index contributed by atoms with van der Waals surface area (Å²) >= 11 is 1.50. The van der Waals surface area contributed by atoms with Gasteiger partial charge < -0.3 is 23.9 Å². The molecule has 5 rings (SSSR count). The molecule has 3 aromatic carbocycles. The second-order valence-corrected chi connectivity index (χ2v) is 11.3. The van der Waals surface area contributed by atoms with E-state index in [0.717, 1.165) is 37.7 Å². The van der Waals surface area contributed by atoms with E-state index in [1.165, 1.54) is 11.3 Å². The molecule has 0 aliphatic heterocycles. The first-order chi connectivity index (χ1) is 21.5. The number of fused-ring (bicyclic) bond motifs is 1. The number of thiophene rings is 1. The van der Waals surface area contributed by atoms with Gasteiger partial charge in [0.05, 0.1) is 39.4 Å². The summed E-state index contributed by atoms with van der Waals surface area (Å²) in [6, 6.07) is 25.4. The highest BCUT2D eigenvalue weighted by atomic mass is 32.1. The van der Waals surface area contributed by atoms with Crippen molar-refractivity contribution in [2.45, 2.75) is 26.6 Å².